The Morgan fingerprint density at radius 3 is 2.60 bits per heavy atom. The van der Waals surface area contributed by atoms with Gasteiger partial charge < -0.3 is 10.5 Å². The first-order valence-corrected chi connectivity index (χ1v) is 6.50. The number of ether oxygens (including phenoxy) is 1. The number of nitrogens with two attached hydrogens (primary N) is 1. The minimum atomic E-state index is 0.496. The number of imidazole rings is 1. The molecule has 4 nitrogen and oxygen atoms in total. The number of nitrogens with zero attached hydrogens (tertiary/aromatic N) is 2. The van der Waals surface area contributed by atoms with Crippen LogP contribution in [0.4, 0.5) is 5.95 Å². The van der Waals surface area contributed by atoms with Crippen molar-refractivity contribution in [1.82, 2.24) is 9.55 Å². The minimum absolute atomic E-state index is 0.496. The van der Waals surface area contributed by atoms with Crippen molar-refractivity contribution < 1.29 is 4.74 Å². The molecule has 0 fully saturated rings. The predicted molar refractivity (Wildman–Crippen MR) is 81.5 cm³/mol. The zero-order valence-electron chi connectivity index (χ0n) is 11.8. The topological polar surface area (TPSA) is 53.1 Å². The quantitative estimate of drug-likeness (QED) is 0.775. The molecule has 0 amide bonds. The van der Waals surface area contributed by atoms with E-state index in [1.807, 2.05) is 35.8 Å². The molecule has 0 saturated carbocycles. The molecule has 3 aromatic rings. The number of rotatable bonds is 2. The molecule has 102 valence electrons. The Morgan fingerprint density at radius 2 is 1.90 bits per heavy atom. The number of aromatic nitrogens is 2. The number of methoxy groups -OCH3 is 1. The average molecular weight is 267 g/mol. The first kappa shape index (κ1) is 12.5. The summed E-state index contributed by atoms with van der Waals surface area (Å²) in [7, 11) is 1.67. The first-order chi connectivity index (χ1) is 9.60. The zero-order valence-corrected chi connectivity index (χ0v) is 11.8. The summed E-state index contributed by atoms with van der Waals surface area (Å²) in [5, 5.41) is 0. The molecule has 20 heavy (non-hydrogen) atoms. The van der Waals surface area contributed by atoms with E-state index >= 15 is 0 Å². The van der Waals surface area contributed by atoms with Gasteiger partial charge in [0.15, 0.2) is 0 Å². The summed E-state index contributed by atoms with van der Waals surface area (Å²) < 4.78 is 7.27. The average Bonchev–Trinajstić information content (AvgIpc) is 2.74. The van der Waals surface area contributed by atoms with Gasteiger partial charge in [-0.15, -0.1) is 0 Å². The molecule has 0 unspecified atom stereocenters. The molecule has 0 saturated heterocycles. The van der Waals surface area contributed by atoms with Crippen LogP contribution in [0, 0.1) is 13.8 Å². The van der Waals surface area contributed by atoms with E-state index in [9.17, 15) is 0 Å². The Balaban J connectivity index is 2.26. The lowest BCUT2D eigenvalue weighted by atomic mass is 10.2. The second kappa shape index (κ2) is 4.56. The summed E-state index contributed by atoms with van der Waals surface area (Å²) in [6, 6.07) is 12.1. The van der Waals surface area contributed by atoms with Gasteiger partial charge in [-0.25, -0.2) is 4.98 Å². The highest BCUT2D eigenvalue weighted by Crippen LogP contribution is 2.27. The fraction of sp³-hybridized carbons (Fsp3) is 0.188. The molecule has 1 heterocycles. The van der Waals surface area contributed by atoms with Gasteiger partial charge in [0.05, 0.1) is 18.1 Å². The number of hydrogen-bond donors (Lipinski definition) is 1. The number of benzene rings is 2. The fourth-order valence-corrected chi connectivity index (χ4v) is 2.48. The van der Waals surface area contributed by atoms with Gasteiger partial charge in [0.1, 0.15) is 5.75 Å². The third-order valence-corrected chi connectivity index (χ3v) is 3.47. The highest BCUT2D eigenvalue weighted by Gasteiger charge is 2.11. The van der Waals surface area contributed by atoms with Gasteiger partial charge in [-0.3, -0.25) is 4.57 Å². The van der Waals surface area contributed by atoms with Crippen LogP contribution in [0.1, 0.15) is 11.1 Å². The van der Waals surface area contributed by atoms with Crippen LogP contribution in [0.15, 0.2) is 36.4 Å². The highest BCUT2D eigenvalue weighted by atomic mass is 16.5. The van der Waals surface area contributed by atoms with Crippen molar-refractivity contribution in [3.05, 3.63) is 47.5 Å². The van der Waals surface area contributed by atoms with E-state index in [1.54, 1.807) is 7.11 Å². The Bertz CT molecular complexity index is 790. The zero-order chi connectivity index (χ0) is 14.3. The van der Waals surface area contributed by atoms with Crippen molar-refractivity contribution >= 4 is 17.0 Å². The number of fused-ring (bicyclic) bond motifs is 1. The standard InChI is InChI=1S/C16H17N3O/c1-10-4-6-13-14(8-10)19(16(17)18-13)12-5-7-15(20-3)11(2)9-12/h4-9H,1-3H3,(H2,17,18). The van der Waals surface area contributed by atoms with Crippen molar-refractivity contribution in [1.29, 1.82) is 0 Å². The van der Waals surface area contributed by atoms with E-state index in [4.69, 9.17) is 10.5 Å². The van der Waals surface area contributed by atoms with E-state index < -0.39 is 0 Å². The number of nitrogen functional groups attached to an aromatic ring is 1. The fourth-order valence-electron chi connectivity index (χ4n) is 2.48. The van der Waals surface area contributed by atoms with Crippen LogP contribution in [-0.2, 0) is 0 Å². The van der Waals surface area contributed by atoms with Crippen LogP contribution in [0.5, 0.6) is 5.75 Å². The number of aryl methyl sites for hydroxylation is 2. The van der Waals surface area contributed by atoms with Crippen LogP contribution < -0.4 is 10.5 Å². The third kappa shape index (κ3) is 1.90. The van der Waals surface area contributed by atoms with Gasteiger partial charge in [-0.2, -0.15) is 0 Å². The van der Waals surface area contributed by atoms with E-state index in [-0.39, 0.29) is 0 Å². The highest BCUT2D eigenvalue weighted by molar-refractivity contribution is 5.81. The molecule has 0 spiro atoms. The second-order valence-electron chi connectivity index (χ2n) is 4.95. The van der Waals surface area contributed by atoms with E-state index in [1.165, 1.54) is 5.56 Å². The van der Waals surface area contributed by atoms with Gasteiger partial charge in [0.25, 0.3) is 0 Å². The van der Waals surface area contributed by atoms with Crippen molar-refractivity contribution in [3.63, 3.8) is 0 Å². The van der Waals surface area contributed by atoms with Gasteiger partial charge >= 0.3 is 0 Å². The summed E-state index contributed by atoms with van der Waals surface area (Å²) in [4.78, 5) is 4.41. The van der Waals surface area contributed by atoms with E-state index in [0.717, 1.165) is 28.0 Å². The van der Waals surface area contributed by atoms with Crippen LogP contribution in [0.3, 0.4) is 0 Å². The van der Waals surface area contributed by atoms with Crippen LogP contribution in [-0.4, -0.2) is 16.7 Å². The lowest BCUT2D eigenvalue weighted by Crippen LogP contribution is -2.01. The summed E-state index contributed by atoms with van der Waals surface area (Å²) in [6.45, 7) is 4.08. The SMILES string of the molecule is COc1ccc(-n2c(N)nc3ccc(C)cc32)cc1C. The van der Waals surface area contributed by atoms with Crippen molar-refractivity contribution in [2.75, 3.05) is 12.8 Å². The lowest BCUT2D eigenvalue weighted by Gasteiger charge is -2.10. The second-order valence-corrected chi connectivity index (χ2v) is 4.95. The maximum absolute atomic E-state index is 6.08. The van der Waals surface area contributed by atoms with Gasteiger partial charge in [0, 0.05) is 5.69 Å². The van der Waals surface area contributed by atoms with Crippen LogP contribution in [0.25, 0.3) is 16.7 Å². The lowest BCUT2D eigenvalue weighted by molar-refractivity contribution is 0.411. The molecular formula is C16H17N3O. The predicted octanol–water partition coefficient (Wildman–Crippen LogP) is 3.23. The largest absolute Gasteiger partial charge is 0.496 e. The van der Waals surface area contributed by atoms with E-state index in [2.05, 4.69) is 24.0 Å². The van der Waals surface area contributed by atoms with Crippen molar-refractivity contribution in [2.24, 2.45) is 0 Å². The van der Waals surface area contributed by atoms with Gasteiger partial charge in [-0.05, 0) is 55.3 Å². The molecule has 2 N–H and O–H groups in total. The molecule has 0 radical (unpaired) electrons. The third-order valence-electron chi connectivity index (χ3n) is 3.47. The number of anilines is 1. The minimum Gasteiger partial charge on any atom is -0.496 e. The van der Waals surface area contributed by atoms with Gasteiger partial charge in [0.2, 0.25) is 5.95 Å². The Morgan fingerprint density at radius 1 is 1.10 bits per heavy atom. The molecule has 0 aliphatic rings. The first-order valence-electron chi connectivity index (χ1n) is 6.50. The van der Waals surface area contributed by atoms with Crippen LogP contribution >= 0.6 is 0 Å². The number of hydrogen-bond acceptors (Lipinski definition) is 3. The molecule has 2 aromatic carbocycles. The molecule has 1 aromatic heterocycles. The maximum Gasteiger partial charge on any atom is 0.205 e. The maximum atomic E-state index is 6.08. The molecule has 0 bridgehead atoms. The molecule has 0 atom stereocenters. The normalized spacial score (nSPS) is 10.9. The Labute approximate surface area is 117 Å². The molecule has 4 heteroatoms. The monoisotopic (exact) mass is 267 g/mol. The summed E-state index contributed by atoms with van der Waals surface area (Å²) in [5.41, 5.74) is 11.2. The van der Waals surface area contributed by atoms with Crippen molar-refractivity contribution in [2.45, 2.75) is 13.8 Å². The van der Waals surface area contributed by atoms with E-state index in [0.29, 0.717) is 5.95 Å². The molecule has 0 aliphatic carbocycles. The van der Waals surface area contributed by atoms with Crippen LogP contribution in [0.2, 0.25) is 0 Å². The van der Waals surface area contributed by atoms with Gasteiger partial charge in [-0.1, -0.05) is 6.07 Å². The molecular weight excluding hydrogens is 250 g/mol. The molecule has 0 aliphatic heterocycles. The summed E-state index contributed by atoms with van der Waals surface area (Å²) in [5.74, 6) is 1.36. The summed E-state index contributed by atoms with van der Waals surface area (Å²) in [6.07, 6.45) is 0. The summed E-state index contributed by atoms with van der Waals surface area (Å²) >= 11 is 0. The van der Waals surface area contributed by atoms with Crippen molar-refractivity contribution in [3.8, 4) is 11.4 Å². The smallest absolute Gasteiger partial charge is 0.205 e. The Hall–Kier alpha value is -2.49. The Kier molecular flexibility index (Phi) is 2.86. The molecule has 3 rings (SSSR count).